The van der Waals surface area contributed by atoms with Crippen molar-refractivity contribution in [2.45, 2.75) is 32.2 Å². The molecule has 1 aromatic rings. The van der Waals surface area contributed by atoms with Gasteiger partial charge in [-0.05, 0) is 37.3 Å². The number of nitrogens with one attached hydrogen (secondary N) is 1. The van der Waals surface area contributed by atoms with E-state index in [2.05, 4.69) is 5.32 Å². The Kier molecular flexibility index (Phi) is 3.69. The van der Waals surface area contributed by atoms with Crippen LogP contribution in [0, 0.1) is 23.0 Å². The number of hydrogen-bond acceptors (Lipinski definition) is 4. The van der Waals surface area contributed by atoms with Gasteiger partial charge in [-0.2, -0.15) is 0 Å². The zero-order chi connectivity index (χ0) is 14.0. The molecule has 0 saturated heterocycles. The molecule has 1 aromatic carbocycles. The molecule has 0 heterocycles. The minimum atomic E-state index is -0.889. The van der Waals surface area contributed by atoms with Crippen LogP contribution in [0.4, 0.5) is 11.4 Å². The first-order valence-electron chi connectivity index (χ1n) is 6.20. The van der Waals surface area contributed by atoms with Crippen molar-refractivity contribution < 1.29 is 14.8 Å². The van der Waals surface area contributed by atoms with E-state index in [1.165, 1.54) is 6.07 Å². The van der Waals surface area contributed by atoms with Crippen molar-refractivity contribution in [1.82, 2.24) is 0 Å². The van der Waals surface area contributed by atoms with Crippen LogP contribution in [0.2, 0.25) is 0 Å². The van der Waals surface area contributed by atoms with Crippen molar-refractivity contribution >= 4 is 17.3 Å². The number of rotatable bonds is 6. The van der Waals surface area contributed by atoms with Crippen LogP contribution in [0.1, 0.15) is 24.8 Å². The molecule has 0 radical (unpaired) electrons. The van der Waals surface area contributed by atoms with Crippen LogP contribution in [0.15, 0.2) is 18.2 Å². The third-order valence-corrected chi connectivity index (χ3v) is 3.28. The summed E-state index contributed by atoms with van der Waals surface area (Å²) in [6.07, 6.45) is 1.94. The lowest BCUT2D eigenvalue weighted by Gasteiger charge is -2.17. The number of nitro groups is 1. The van der Waals surface area contributed by atoms with Gasteiger partial charge in [-0.25, -0.2) is 0 Å². The monoisotopic (exact) mass is 264 g/mol. The fourth-order valence-electron chi connectivity index (χ4n) is 2.15. The highest BCUT2D eigenvalue weighted by Crippen LogP contribution is 2.37. The van der Waals surface area contributed by atoms with E-state index < -0.39 is 10.9 Å². The summed E-state index contributed by atoms with van der Waals surface area (Å²) >= 11 is 0. The second-order valence-corrected chi connectivity index (χ2v) is 4.96. The predicted octanol–water partition coefficient (Wildman–Crippen LogP) is 2.57. The van der Waals surface area contributed by atoms with Crippen LogP contribution in [0.5, 0.6) is 0 Å². The molecule has 102 valence electrons. The van der Waals surface area contributed by atoms with Crippen molar-refractivity contribution in [2.24, 2.45) is 5.92 Å². The van der Waals surface area contributed by atoms with Crippen LogP contribution >= 0.6 is 0 Å². The van der Waals surface area contributed by atoms with Crippen LogP contribution in [0.3, 0.4) is 0 Å². The van der Waals surface area contributed by atoms with Crippen LogP contribution in [-0.4, -0.2) is 22.0 Å². The number of nitro benzene ring substituents is 1. The molecule has 1 aliphatic carbocycles. The Morgan fingerprint density at radius 3 is 2.79 bits per heavy atom. The first-order chi connectivity index (χ1) is 8.97. The SMILES string of the molecule is Cc1ccc([N+](=O)[O-])c(NC(CC(=O)O)C2CC2)c1. The molecule has 2 rings (SSSR count). The lowest BCUT2D eigenvalue weighted by molar-refractivity contribution is -0.384. The molecule has 1 unspecified atom stereocenters. The highest BCUT2D eigenvalue weighted by molar-refractivity contribution is 5.70. The second-order valence-electron chi connectivity index (χ2n) is 4.96. The molecule has 0 aromatic heterocycles. The van der Waals surface area contributed by atoms with E-state index in [-0.39, 0.29) is 18.2 Å². The van der Waals surface area contributed by atoms with Gasteiger partial charge in [-0.3, -0.25) is 14.9 Å². The topological polar surface area (TPSA) is 92.5 Å². The average Bonchev–Trinajstić information content (AvgIpc) is 3.10. The molecular weight excluding hydrogens is 248 g/mol. The van der Waals surface area contributed by atoms with Gasteiger partial charge < -0.3 is 10.4 Å². The molecule has 0 amide bonds. The zero-order valence-corrected chi connectivity index (χ0v) is 10.6. The average molecular weight is 264 g/mol. The highest BCUT2D eigenvalue weighted by Gasteiger charge is 2.33. The van der Waals surface area contributed by atoms with Crippen molar-refractivity contribution in [2.75, 3.05) is 5.32 Å². The minimum Gasteiger partial charge on any atom is -0.481 e. The molecule has 1 fully saturated rings. The molecule has 0 aliphatic heterocycles. The fourth-order valence-corrected chi connectivity index (χ4v) is 2.15. The number of aliphatic carboxylic acids is 1. The van der Waals surface area contributed by atoms with Crippen LogP contribution < -0.4 is 5.32 Å². The van der Waals surface area contributed by atoms with E-state index in [1.807, 2.05) is 6.92 Å². The normalized spacial score (nSPS) is 15.8. The number of nitrogens with zero attached hydrogens (tertiary/aromatic N) is 1. The summed E-state index contributed by atoms with van der Waals surface area (Å²) in [6, 6.07) is 4.57. The summed E-state index contributed by atoms with van der Waals surface area (Å²) in [5.74, 6) is -0.587. The molecule has 1 saturated carbocycles. The van der Waals surface area contributed by atoms with Gasteiger partial charge >= 0.3 is 5.97 Å². The van der Waals surface area contributed by atoms with E-state index >= 15 is 0 Å². The molecule has 2 N–H and O–H groups in total. The summed E-state index contributed by atoms with van der Waals surface area (Å²) in [5.41, 5.74) is 1.29. The van der Waals surface area contributed by atoms with E-state index in [9.17, 15) is 14.9 Å². The lowest BCUT2D eigenvalue weighted by Crippen LogP contribution is -2.25. The van der Waals surface area contributed by atoms with E-state index in [0.717, 1.165) is 18.4 Å². The van der Waals surface area contributed by atoms with Crippen molar-refractivity contribution in [3.8, 4) is 0 Å². The number of carbonyl (C=O) groups is 1. The maximum Gasteiger partial charge on any atom is 0.305 e. The summed E-state index contributed by atoms with van der Waals surface area (Å²) in [6.45, 7) is 1.85. The standard InChI is InChI=1S/C13H16N2O4/c1-8-2-5-12(15(18)19)11(6-8)14-10(7-13(16)17)9-3-4-9/h2,5-6,9-10,14H,3-4,7H2,1H3,(H,16,17). The Bertz CT molecular complexity index is 511. The molecule has 6 nitrogen and oxygen atoms in total. The molecule has 1 atom stereocenters. The largest absolute Gasteiger partial charge is 0.481 e. The highest BCUT2D eigenvalue weighted by atomic mass is 16.6. The first-order valence-corrected chi connectivity index (χ1v) is 6.20. The smallest absolute Gasteiger partial charge is 0.305 e. The Labute approximate surface area is 110 Å². The molecule has 0 bridgehead atoms. The van der Waals surface area contributed by atoms with Gasteiger partial charge in [0.15, 0.2) is 0 Å². The van der Waals surface area contributed by atoms with Gasteiger partial charge in [0, 0.05) is 12.1 Å². The Morgan fingerprint density at radius 1 is 1.58 bits per heavy atom. The zero-order valence-electron chi connectivity index (χ0n) is 10.6. The predicted molar refractivity (Wildman–Crippen MR) is 70.2 cm³/mol. The van der Waals surface area contributed by atoms with Gasteiger partial charge in [-0.1, -0.05) is 6.07 Å². The van der Waals surface area contributed by atoms with Crippen molar-refractivity contribution in [3.05, 3.63) is 33.9 Å². The Balaban J connectivity index is 2.22. The van der Waals surface area contributed by atoms with E-state index in [0.29, 0.717) is 11.6 Å². The number of carboxylic acid groups (broad SMARTS) is 1. The first kappa shape index (κ1) is 13.3. The van der Waals surface area contributed by atoms with Crippen LogP contribution in [0.25, 0.3) is 0 Å². The molecule has 6 heteroatoms. The molecule has 0 spiro atoms. The van der Waals surface area contributed by atoms with Crippen LogP contribution in [-0.2, 0) is 4.79 Å². The van der Waals surface area contributed by atoms with E-state index in [4.69, 9.17) is 5.11 Å². The summed E-state index contributed by atoms with van der Waals surface area (Å²) in [5, 5.41) is 22.9. The molecule has 1 aliphatic rings. The summed E-state index contributed by atoms with van der Waals surface area (Å²) in [4.78, 5) is 21.4. The molecular formula is C13H16N2O4. The van der Waals surface area contributed by atoms with Gasteiger partial charge in [0.25, 0.3) is 5.69 Å². The summed E-state index contributed by atoms with van der Waals surface area (Å²) < 4.78 is 0. The number of carboxylic acids is 1. The Morgan fingerprint density at radius 2 is 2.26 bits per heavy atom. The third-order valence-electron chi connectivity index (χ3n) is 3.28. The quantitative estimate of drug-likeness (QED) is 0.608. The van der Waals surface area contributed by atoms with Gasteiger partial charge in [-0.15, -0.1) is 0 Å². The maximum atomic E-state index is 11.0. The lowest BCUT2D eigenvalue weighted by atomic mass is 10.1. The van der Waals surface area contributed by atoms with Gasteiger partial charge in [0.2, 0.25) is 0 Å². The van der Waals surface area contributed by atoms with Crippen molar-refractivity contribution in [1.29, 1.82) is 0 Å². The number of aryl methyl sites for hydroxylation is 1. The fraction of sp³-hybridized carbons (Fsp3) is 0.462. The summed E-state index contributed by atoms with van der Waals surface area (Å²) in [7, 11) is 0. The number of anilines is 1. The second kappa shape index (κ2) is 5.26. The number of hydrogen-bond donors (Lipinski definition) is 2. The third kappa shape index (κ3) is 3.43. The molecule has 19 heavy (non-hydrogen) atoms. The maximum absolute atomic E-state index is 11.0. The van der Waals surface area contributed by atoms with Gasteiger partial charge in [0.1, 0.15) is 5.69 Å². The van der Waals surface area contributed by atoms with Gasteiger partial charge in [0.05, 0.1) is 11.3 Å². The Hall–Kier alpha value is -2.11. The number of benzene rings is 1. The minimum absolute atomic E-state index is 0.0124. The van der Waals surface area contributed by atoms with Crippen molar-refractivity contribution in [3.63, 3.8) is 0 Å². The van der Waals surface area contributed by atoms with E-state index in [1.54, 1.807) is 12.1 Å².